The van der Waals surface area contributed by atoms with Crippen LogP contribution in [0.3, 0.4) is 0 Å². The summed E-state index contributed by atoms with van der Waals surface area (Å²) in [6.45, 7) is 2.43. The molecule has 124 valence electrons. The monoisotopic (exact) mass is 372 g/mol. The summed E-state index contributed by atoms with van der Waals surface area (Å²) >= 11 is 6.23. The molecule has 0 bridgehead atoms. The number of para-hydroxylation sites is 1. The van der Waals surface area contributed by atoms with Crippen LogP contribution in [0, 0.1) is 0 Å². The number of piperazine rings is 1. The Bertz CT molecular complexity index is 746. The molecule has 1 aliphatic rings. The number of nitrogens with one attached hydrogen (secondary N) is 1. The third-order valence-corrected chi connectivity index (χ3v) is 6.20. The molecule has 0 unspecified atom stereocenters. The number of hydrogen-bond acceptors (Lipinski definition) is 2. The highest BCUT2D eigenvalue weighted by Gasteiger charge is 2.31. The van der Waals surface area contributed by atoms with Gasteiger partial charge in [0, 0.05) is 6.07 Å². The Hall–Kier alpha value is -1.11. The summed E-state index contributed by atoms with van der Waals surface area (Å²) in [5.41, 5.74) is 1.04. The number of rotatable bonds is 3. The molecule has 1 saturated heterocycles. The van der Waals surface area contributed by atoms with Gasteiger partial charge >= 0.3 is 0 Å². The van der Waals surface area contributed by atoms with Crippen LogP contribution in [-0.4, -0.2) is 38.9 Å². The average molecular weight is 373 g/mol. The zero-order valence-electron chi connectivity index (χ0n) is 12.5. The van der Waals surface area contributed by atoms with Crippen molar-refractivity contribution in [2.24, 2.45) is 0 Å². The van der Waals surface area contributed by atoms with Crippen molar-refractivity contribution < 1.29 is 25.7 Å². The second-order valence-electron chi connectivity index (χ2n) is 5.30. The van der Waals surface area contributed by atoms with Gasteiger partial charge in [-0.1, -0.05) is 41.9 Å². The molecule has 2 aromatic carbocycles. The summed E-state index contributed by atoms with van der Waals surface area (Å²) in [5.74, 6) is 0. The Labute approximate surface area is 148 Å². The van der Waals surface area contributed by atoms with Crippen LogP contribution in [0.15, 0.2) is 59.5 Å². The highest BCUT2D eigenvalue weighted by atomic mass is 35.5. The third-order valence-electron chi connectivity index (χ3n) is 3.96. The number of nitrogens with zero attached hydrogens (tertiary/aromatic N) is 1. The Morgan fingerprint density at radius 1 is 0.913 bits per heavy atom. The lowest BCUT2D eigenvalue weighted by atomic mass is 10.2. The first-order chi connectivity index (χ1) is 10.6. The van der Waals surface area contributed by atoms with E-state index >= 15 is 0 Å². The predicted octanol–water partition coefficient (Wildman–Crippen LogP) is -1.44. The standard InChI is InChI=1S/C16H17ClN2O2S.ClH/c17-15-8-4-5-9-16(15)18-10-12-19(13-11-18)22(20,21)14-6-2-1-3-7-14;/h1-9H,10-13H2;1H. The van der Waals surface area contributed by atoms with Crippen molar-refractivity contribution in [3.8, 4) is 0 Å². The minimum atomic E-state index is -3.39. The van der Waals surface area contributed by atoms with E-state index in [9.17, 15) is 8.42 Å². The van der Waals surface area contributed by atoms with Gasteiger partial charge in [0.1, 0.15) is 10.7 Å². The van der Waals surface area contributed by atoms with Crippen LogP contribution in [-0.2, 0) is 10.0 Å². The van der Waals surface area contributed by atoms with Gasteiger partial charge in [0.2, 0.25) is 10.0 Å². The maximum atomic E-state index is 12.6. The van der Waals surface area contributed by atoms with Crippen molar-refractivity contribution in [2.45, 2.75) is 4.90 Å². The van der Waals surface area contributed by atoms with E-state index < -0.39 is 10.0 Å². The molecule has 1 aliphatic heterocycles. The van der Waals surface area contributed by atoms with E-state index in [2.05, 4.69) is 0 Å². The van der Waals surface area contributed by atoms with Crippen molar-refractivity contribution in [2.75, 3.05) is 26.2 Å². The molecule has 2 aromatic rings. The van der Waals surface area contributed by atoms with Gasteiger partial charge in [0.25, 0.3) is 0 Å². The van der Waals surface area contributed by atoms with Gasteiger partial charge in [0.05, 0.1) is 31.1 Å². The first-order valence-electron chi connectivity index (χ1n) is 7.24. The van der Waals surface area contributed by atoms with Gasteiger partial charge in [-0.25, -0.2) is 8.42 Å². The van der Waals surface area contributed by atoms with Gasteiger partial charge in [-0.3, -0.25) is 4.90 Å². The van der Waals surface area contributed by atoms with Crippen LogP contribution < -0.4 is 17.3 Å². The number of benzene rings is 2. The zero-order valence-corrected chi connectivity index (χ0v) is 14.8. The largest absolute Gasteiger partial charge is 1.00 e. The number of halogens is 2. The summed E-state index contributed by atoms with van der Waals surface area (Å²) in [5, 5.41) is 0.733. The van der Waals surface area contributed by atoms with E-state index in [1.165, 1.54) is 4.90 Å². The zero-order chi connectivity index (χ0) is 15.6. The van der Waals surface area contributed by atoms with Crippen molar-refractivity contribution in [1.82, 2.24) is 4.31 Å². The fourth-order valence-electron chi connectivity index (χ4n) is 2.76. The van der Waals surface area contributed by atoms with Crippen LogP contribution in [0.5, 0.6) is 0 Å². The maximum absolute atomic E-state index is 12.6. The average Bonchev–Trinajstić information content (AvgIpc) is 2.56. The lowest BCUT2D eigenvalue weighted by molar-refractivity contribution is -0.837. The van der Waals surface area contributed by atoms with Crippen molar-refractivity contribution in [3.63, 3.8) is 0 Å². The third kappa shape index (κ3) is 3.87. The lowest BCUT2D eigenvalue weighted by Gasteiger charge is -2.31. The molecule has 0 atom stereocenters. The molecule has 0 aliphatic carbocycles. The number of quaternary nitrogens is 1. The minimum Gasteiger partial charge on any atom is -1.00 e. The normalized spacial score (nSPS) is 16.7. The molecule has 3 rings (SSSR count). The minimum absolute atomic E-state index is 0. The fraction of sp³-hybridized carbons (Fsp3) is 0.250. The van der Waals surface area contributed by atoms with E-state index in [1.807, 2.05) is 30.3 Å². The quantitative estimate of drug-likeness (QED) is 0.717. The predicted molar refractivity (Wildman–Crippen MR) is 87.0 cm³/mol. The topological polar surface area (TPSA) is 41.8 Å². The lowest BCUT2D eigenvalue weighted by Crippen LogP contribution is -3.10. The fourth-order valence-corrected chi connectivity index (χ4v) is 4.49. The molecule has 1 heterocycles. The molecule has 0 radical (unpaired) electrons. The second-order valence-corrected chi connectivity index (χ2v) is 7.65. The molecular weight excluding hydrogens is 355 g/mol. The number of hydrogen-bond donors (Lipinski definition) is 1. The van der Waals surface area contributed by atoms with E-state index in [-0.39, 0.29) is 12.4 Å². The molecule has 7 heteroatoms. The van der Waals surface area contributed by atoms with Gasteiger partial charge in [0.15, 0.2) is 0 Å². The molecule has 1 N–H and O–H groups in total. The Balaban J connectivity index is 0.00000192. The van der Waals surface area contributed by atoms with Crippen molar-refractivity contribution >= 4 is 27.3 Å². The molecule has 0 aromatic heterocycles. The van der Waals surface area contributed by atoms with Crippen LogP contribution in [0.2, 0.25) is 5.02 Å². The van der Waals surface area contributed by atoms with Gasteiger partial charge in [-0.15, -0.1) is 0 Å². The van der Waals surface area contributed by atoms with Crippen LogP contribution in [0.4, 0.5) is 5.69 Å². The Morgan fingerprint density at radius 2 is 1.48 bits per heavy atom. The first kappa shape index (κ1) is 18.2. The highest BCUT2D eigenvalue weighted by molar-refractivity contribution is 7.89. The highest BCUT2D eigenvalue weighted by Crippen LogP contribution is 2.18. The summed E-state index contributed by atoms with van der Waals surface area (Å²) in [6.07, 6.45) is 0. The van der Waals surface area contributed by atoms with E-state index in [1.54, 1.807) is 28.6 Å². The molecule has 0 spiro atoms. The first-order valence-corrected chi connectivity index (χ1v) is 9.05. The van der Waals surface area contributed by atoms with Gasteiger partial charge < -0.3 is 12.4 Å². The van der Waals surface area contributed by atoms with Crippen molar-refractivity contribution in [3.05, 3.63) is 59.6 Å². The summed E-state index contributed by atoms with van der Waals surface area (Å²) in [4.78, 5) is 1.58. The summed E-state index contributed by atoms with van der Waals surface area (Å²) < 4.78 is 26.7. The van der Waals surface area contributed by atoms with E-state index in [4.69, 9.17) is 11.6 Å². The van der Waals surface area contributed by atoms with Gasteiger partial charge in [-0.05, 0) is 18.2 Å². The Kier molecular flexibility index (Phi) is 6.06. The van der Waals surface area contributed by atoms with E-state index in [0.29, 0.717) is 18.0 Å². The molecule has 23 heavy (non-hydrogen) atoms. The van der Waals surface area contributed by atoms with Crippen LogP contribution in [0.25, 0.3) is 0 Å². The SMILES string of the molecule is O=S(=O)(c1ccccc1)N1CC[NH+](c2ccccc2Cl)CC1.[Cl-]. The maximum Gasteiger partial charge on any atom is 0.243 e. The number of sulfonamides is 1. The van der Waals surface area contributed by atoms with Crippen molar-refractivity contribution in [1.29, 1.82) is 0 Å². The molecule has 0 saturated carbocycles. The van der Waals surface area contributed by atoms with Crippen LogP contribution in [0.1, 0.15) is 0 Å². The Morgan fingerprint density at radius 3 is 2.09 bits per heavy atom. The smallest absolute Gasteiger partial charge is 0.243 e. The molecule has 4 nitrogen and oxygen atoms in total. The molecule has 1 fully saturated rings. The van der Waals surface area contributed by atoms with E-state index in [0.717, 1.165) is 23.8 Å². The molecular formula is C16H18Cl2N2O2S. The van der Waals surface area contributed by atoms with Crippen LogP contribution >= 0.6 is 11.6 Å². The second kappa shape index (κ2) is 7.64. The summed E-state index contributed by atoms with van der Waals surface area (Å²) in [7, 11) is -3.39. The molecule has 0 amide bonds. The summed E-state index contributed by atoms with van der Waals surface area (Å²) in [6, 6.07) is 16.3. The van der Waals surface area contributed by atoms with Gasteiger partial charge in [-0.2, -0.15) is 4.31 Å².